The van der Waals surface area contributed by atoms with E-state index in [9.17, 15) is 4.79 Å². The van der Waals surface area contributed by atoms with Crippen LogP contribution in [0, 0.1) is 11.8 Å². The third-order valence-corrected chi connectivity index (χ3v) is 4.01. The smallest absolute Gasteiger partial charge is 0.220 e. The Morgan fingerprint density at radius 3 is 2.72 bits per heavy atom. The van der Waals surface area contributed by atoms with Crippen LogP contribution >= 0.6 is 0 Å². The number of aliphatic hydroxyl groups is 1. The molecule has 1 atom stereocenters. The Labute approximate surface area is 111 Å². The van der Waals surface area contributed by atoms with E-state index in [4.69, 9.17) is 5.11 Å². The predicted molar refractivity (Wildman–Crippen MR) is 74.3 cm³/mol. The fourth-order valence-corrected chi connectivity index (χ4v) is 2.73. The molecule has 3 heteroatoms. The van der Waals surface area contributed by atoms with Gasteiger partial charge >= 0.3 is 0 Å². The van der Waals surface area contributed by atoms with Gasteiger partial charge in [0, 0.05) is 19.6 Å². The Morgan fingerprint density at radius 1 is 1.33 bits per heavy atom. The molecule has 2 N–H and O–H groups in total. The van der Waals surface area contributed by atoms with Gasteiger partial charge in [0.05, 0.1) is 0 Å². The highest BCUT2D eigenvalue weighted by Crippen LogP contribution is 2.27. The van der Waals surface area contributed by atoms with Gasteiger partial charge in [-0.1, -0.05) is 39.0 Å². The van der Waals surface area contributed by atoms with Crippen LogP contribution in [0.25, 0.3) is 0 Å². The van der Waals surface area contributed by atoms with Gasteiger partial charge in [0.15, 0.2) is 0 Å². The molecule has 0 heterocycles. The molecule has 3 nitrogen and oxygen atoms in total. The van der Waals surface area contributed by atoms with Gasteiger partial charge in [-0.3, -0.25) is 4.79 Å². The summed E-state index contributed by atoms with van der Waals surface area (Å²) in [5.41, 5.74) is 0. The molecule has 0 saturated heterocycles. The lowest BCUT2D eigenvalue weighted by molar-refractivity contribution is -0.121. The molecule has 1 fully saturated rings. The second-order valence-corrected chi connectivity index (χ2v) is 5.82. The van der Waals surface area contributed by atoms with E-state index in [1.165, 1.54) is 38.5 Å². The maximum absolute atomic E-state index is 11.6. The first kappa shape index (κ1) is 15.5. The third-order valence-electron chi connectivity index (χ3n) is 4.01. The molecule has 1 aliphatic rings. The van der Waals surface area contributed by atoms with Gasteiger partial charge < -0.3 is 10.4 Å². The molecule has 1 unspecified atom stereocenters. The molecule has 0 aromatic carbocycles. The van der Waals surface area contributed by atoms with Crippen LogP contribution in [0.5, 0.6) is 0 Å². The first-order valence-corrected chi connectivity index (χ1v) is 7.60. The van der Waals surface area contributed by atoms with Gasteiger partial charge in [-0.05, 0) is 31.1 Å². The minimum absolute atomic E-state index is 0.176. The fraction of sp³-hybridized carbons (Fsp3) is 0.933. The molecule has 1 aliphatic carbocycles. The van der Waals surface area contributed by atoms with Crippen molar-refractivity contribution in [3.8, 4) is 0 Å². The number of rotatable bonds is 8. The normalized spacial score (nSPS) is 18.6. The number of hydrogen-bond acceptors (Lipinski definition) is 2. The average molecular weight is 255 g/mol. The second kappa shape index (κ2) is 9.37. The maximum Gasteiger partial charge on any atom is 0.220 e. The molecular weight excluding hydrogens is 226 g/mol. The highest BCUT2D eigenvalue weighted by Gasteiger charge is 2.13. The number of aliphatic hydroxyl groups excluding tert-OH is 1. The van der Waals surface area contributed by atoms with Crippen LogP contribution in [-0.4, -0.2) is 24.2 Å². The Morgan fingerprint density at radius 2 is 2.06 bits per heavy atom. The molecule has 18 heavy (non-hydrogen) atoms. The standard InChI is InChI=1S/C15H29NO2/c1-13(10-11-17)12-16-15(18)9-5-8-14-6-3-2-4-7-14/h13-14,17H,2-12H2,1H3,(H,16,18). The third kappa shape index (κ3) is 7.00. The lowest BCUT2D eigenvalue weighted by Crippen LogP contribution is -2.28. The summed E-state index contributed by atoms with van der Waals surface area (Å²) in [6.07, 6.45) is 10.6. The monoisotopic (exact) mass is 255 g/mol. The molecule has 1 rings (SSSR count). The molecule has 0 spiro atoms. The van der Waals surface area contributed by atoms with Crippen molar-refractivity contribution in [1.29, 1.82) is 0 Å². The SMILES string of the molecule is CC(CCO)CNC(=O)CCCC1CCCCC1. The maximum atomic E-state index is 11.6. The van der Waals surface area contributed by atoms with Crippen molar-refractivity contribution in [2.75, 3.05) is 13.2 Å². The highest BCUT2D eigenvalue weighted by molar-refractivity contribution is 5.75. The van der Waals surface area contributed by atoms with E-state index in [0.717, 1.165) is 18.8 Å². The zero-order valence-corrected chi connectivity index (χ0v) is 11.8. The van der Waals surface area contributed by atoms with E-state index in [-0.39, 0.29) is 12.5 Å². The van der Waals surface area contributed by atoms with E-state index in [2.05, 4.69) is 12.2 Å². The van der Waals surface area contributed by atoms with Gasteiger partial charge in [0.1, 0.15) is 0 Å². The van der Waals surface area contributed by atoms with Gasteiger partial charge in [0.2, 0.25) is 5.91 Å². The lowest BCUT2D eigenvalue weighted by atomic mass is 9.86. The largest absolute Gasteiger partial charge is 0.396 e. The van der Waals surface area contributed by atoms with E-state index < -0.39 is 0 Å². The van der Waals surface area contributed by atoms with Crippen molar-refractivity contribution in [2.45, 2.75) is 64.7 Å². The summed E-state index contributed by atoms with van der Waals surface area (Å²) in [6, 6.07) is 0. The summed E-state index contributed by atoms with van der Waals surface area (Å²) in [5.74, 6) is 1.42. The summed E-state index contributed by atoms with van der Waals surface area (Å²) >= 11 is 0. The summed E-state index contributed by atoms with van der Waals surface area (Å²) < 4.78 is 0. The van der Waals surface area contributed by atoms with Gasteiger partial charge in [-0.25, -0.2) is 0 Å². The van der Waals surface area contributed by atoms with Crippen LogP contribution < -0.4 is 5.32 Å². The van der Waals surface area contributed by atoms with Crippen molar-refractivity contribution < 1.29 is 9.90 Å². The van der Waals surface area contributed by atoms with E-state index in [1.54, 1.807) is 0 Å². The number of amides is 1. The summed E-state index contributed by atoms with van der Waals surface area (Å²) in [7, 11) is 0. The molecule has 1 saturated carbocycles. The predicted octanol–water partition coefficient (Wildman–Crippen LogP) is 2.87. The number of hydrogen-bond donors (Lipinski definition) is 2. The second-order valence-electron chi connectivity index (χ2n) is 5.82. The van der Waals surface area contributed by atoms with Crippen molar-refractivity contribution in [1.82, 2.24) is 5.32 Å². The molecule has 0 aromatic heterocycles. The van der Waals surface area contributed by atoms with Gasteiger partial charge in [-0.2, -0.15) is 0 Å². The molecule has 0 radical (unpaired) electrons. The molecule has 0 aliphatic heterocycles. The van der Waals surface area contributed by atoms with Crippen molar-refractivity contribution >= 4 is 5.91 Å². The van der Waals surface area contributed by atoms with Crippen molar-refractivity contribution in [2.24, 2.45) is 11.8 Å². The quantitative estimate of drug-likeness (QED) is 0.700. The Bertz CT molecular complexity index is 225. The average Bonchev–Trinajstić information content (AvgIpc) is 2.38. The first-order chi connectivity index (χ1) is 8.72. The summed E-state index contributed by atoms with van der Waals surface area (Å²) in [6.45, 7) is 2.96. The molecule has 0 aromatic rings. The van der Waals surface area contributed by atoms with Crippen molar-refractivity contribution in [3.05, 3.63) is 0 Å². The Kier molecular flexibility index (Phi) is 8.06. The Balaban J connectivity index is 1.99. The van der Waals surface area contributed by atoms with Crippen LogP contribution in [-0.2, 0) is 4.79 Å². The number of carbonyl (C=O) groups excluding carboxylic acids is 1. The minimum atomic E-state index is 0.176. The topological polar surface area (TPSA) is 49.3 Å². The zero-order chi connectivity index (χ0) is 13.2. The molecule has 1 amide bonds. The molecule has 0 bridgehead atoms. The Hall–Kier alpha value is -0.570. The number of carbonyl (C=O) groups is 1. The van der Waals surface area contributed by atoms with Crippen LogP contribution in [0.4, 0.5) is 0 Å². The number of nitrogens with one attached hydrogen (secondary N) is 1. The first-order valence-electron chi connectivity index (χ1n) is 7.60. The molecule has 106 valence electrons. The van der Waals surface area contributed by atoms with Gasteiger partial charge in [-0.15, -0.1) is 0 Å². The van der Waals surface area contributed by atoms with E-state index >= 15 is 0 Å². The summed E-state index contributed by atoms with van der Waals surface area (Å²) in [4.78, 5) is 11.6. The van der Waals surface area contributed by atoms with E-state index in [0.29, 0.717) is 18.9 Å². The van der Waals surface area contributed by atoms with Crippen molar-refractivity contribution in [3.63, 3.8) is 0 Å². The highest BCUT2D eigenvalue weighted by atomic mass is 16.3. The van der Waals surface area contributed by atoms with Crippen LogP contribution in [0.2, 0.25) is 0 Å². The lowest BCUT2D eigenvalue weighted by Gasteiger charge is -2.21. The van der Waals surface area contributed by atoms with E-state index in [1.807, 2.05) is 0 Å². The fourth-order valence-electron chi connectivity index (χ4n) is 2.73. The van der Waals surface area contributed by atoms with Crippen LogP contribution in [0.15, 0.2) is 0 Å². The summed E-state index contributed by atoms with van der Waals surface area (Å²) in [5, 5.41) is 11.7. The zero-order valence-electron chi connectivity index (χ0n) is 11.8. The van der Waals surface area contributed by atoms with Crippen LogP contribution in [0.1, 0.15) is 64.7 Å². The minimum Gasteiger partial charge on any atom is -0.396 e. The van der Waals surface area contributed by atoms with Crippen LogP contribution in [0.3, 0.4) is 0 Å². The molecular formula is C15H29NO2. The van der Waals surface area contributed by atoms with Gasteiger partial charge in [0.25, 0.3) is 0 Å².